The molecule has 0 aromatic rings. The first kappa shape index (κ1) is 11.9. The van der Waals surface area contributed by atoms with Crippen LogP contribution in [-0.4, -0.2) is 24.7 Å². The molecule has 1 aliphatic heterocycles. The second-order valence-electron chi connectivity index (χ2n) is 5.21. The van der Waals surface area contributed by atoms with Crippen molar-refractivity contribution in [3.63, 3.8) is 0 Å². The van der Waals surface area contributed by atoms with Crippen LogP contribution in [0.1, 0.15) is 51.9 Å². The molecule has 0 amide bonds. The summed E-state index contributed by atoms with van der Waals surface area (Å²) >= 11 is 0. The van der Waals surface area contributed by atoms with Crippen LogP contribution in [0.2, 0.25) is 0 Å². The minimum Gasteiger partial charge on any atom is -0.462 e. The van der Waals surface area contributed by atoms with Crippen molar-refractivity contribution in [2.45, 2.75) is 64.0 Å². The Hall–Kier alpha value is -0.570. The number of ether oxygens (including phenoxy) is 1. The Balaban J connectivity index is 1.83. The molecule has 0 spiro atoms. The minimum absolute atomic E-state index is 0.130. The molecule has 2 fully saturated rings. The highest BCUT2D eigenvalue weighted by Gasteiger charge is 2.30. The van der Waals surface area contributed by atoms with Crippen LogP contribution in [0.3, 0.4) is 0 Å². The van der Waals surface area contributed by atoms with E-state index < -0.39 is 0 Å². The van der Waals surface area contributed by atoms with Crippen molar-refractivity contribution in [3.05, 3.63) is 0 Å². The molecule has 0 aromatic carbocycles. The summed E-state index contributed by atoms with van der Waals surface area (Å²) in [5, 5.41) is 3.60. The molecule has 0 radical (unpaired) electrons. The summed E-state index contributed by atoms with van der Waals surface area (Å²) < 4.78 is 5.33. The van der Waals surface area contributed by atoms with Crippen LogP contribution in [-0.2, 0) is 9.53 Å². The zero-order valence-electron chi connectivity index (χ0n) is 10.2. The number of hydrogen-bond acceptors (Lipinski definition) is 3. The average Bonchev–Trinajstić information content (AvgIpc) is 2.30. The largest absolute Gasteiger partial charge is 0.462 e. The molecule has 92 valence electrons. The maximum atomic E-state index is 11.0. The Morgan fingerprint density at radius 3 is 2.62 bits per heavy atom. The summed E-state index contributed by atoms with van der Waals surface area (Å²) in [5.41, 5.74) is 0. The van der Waals surface area contributed by atoms with Crippen molar-refractivity contribution in [1.82, 2.24) is 5.32 Å². The van der Waals surface area contributed by atoms with E-state index in [9.17, 15) is 4.79 Å². The average molecular weight is 225 g/mol. The van der Waals surface area contributed by atoms with Gasteiger partial charge >= 0.3 is 5.97 Å². The Kier molecular flexibility index (Phi) is 4.22. The lowest BCUT2D eigenvalue weighted by Crippen LogP contribution is -2.46. The van der Waals surface area contributed by atoms with Crippen molar-refractivity contribution in [3.8, 4) is 0 Å². The number of carbonyl (C=O) groups is 1. The van der Waals surface area contributed by atoms with Crippen molar-refractivity contribution >= 4 is 5.97 Å². The zero-order valence-corrected chi connectivity index (χ0v) is 10.2. The molecule has 2 aliphatic rings. The second-order valence-corrected chi connectivity index (χ2v) is 5.21. The molecule has 2 unspecified atom stereocenters. The van der Waals surface area contributed by atoms with Gasteiger partial charge in [-0.3, -0.25) is 4.79 Å². The fraction of sp³-hybridized carbons (Fsp3) is 0.923. The Bertz CT molecular complexity index is 236. The Morgan fingerprint density at radius 2 is 1.94 bits per heavy atom. The van der Waals surface area contributed by atoms with Crippen LogP contribution in [0, 0.1) is 5.92 Å². The highest BCUT2D eigenvalue weighted by Crippen LogP contribution is 2.30. The van der Waals surface area contributed by atoms with Crippen molar-refractivity contribution in [1.29, 1.82) is 0 Å². The third-order valence-corrected chi connectivity index (χ3v) is 3.94. The normalized spacial score (nSPS) is 32.3. The van der Waals surface area contributed by atoms with E-state index in [0.29, 0.717) is 6.04 Å². The number of nitrogens with one attached hydrogen (secondary N) is 1. The summed E-state index contributed by atoms with van der Waals surface area (Å²) in [6, 6.07) is 0.582. The first-order chi connectivity index (χ1) is 7.75. The third kappa shape index (κ3) is 3.21. The standard InChI is InChI=1S/C13H23NO2/c1-10(15)16-12-7-8-14-13(9-12)11-5-3-2-4-6-11/h11-14H,2-9H2,1H3. The first-order valence-electron chi connectivity index (χ1n) is 6.66. The van der Waals surface area contributed by atoms with Gasteiger partial charge in [-0.25, -0.2) is 0 Å². The molecule has 0 bridgehead atoms. The number of esters is 1. The number of carbonyl (C=O) groups excluding carboxylic acids is 1. The van der Waals surface area contributed by atoms with Gasteiger partial charge in [0.05, 0.1) is 0 Å². The third-order valence-electron chi connectivity index (χ3n) is 3.94. The summed E-state index contributed by atoms with van der Waals surface area (Å²) in [6.45, 7) is 2.51. The van der Waals surface area contributed by atoms with Crippen LogP contribution in [0.4, 0.5) is 0 Å². The molecule has 1 saturated carbocycles. The Morgan fingerprint density at radius 1 is 1.19 bits per heavy atom. The molecule has 1 heterocycles. The predicted molar refractivity (Wildman–Crippen MR) is 63.2 cm³/mol. The quantitative estimate of drug-likeness (QED) is 0.733. The first-order valence-corrected chi connectivity index (χ1v) is 6.66. The number of rotatable bonds is 2. The number of hydrogen-bond donors (Lipinski definition) is 1. The molecular formula is C13H23NO2. The maximum absolute atomic E-state index is 11.0. The highest BCUT2D eigenvalue weighted by atomic mass is 16.5. The minimum atomic E-state index is -0.130. The summed E-state index contributed by atoms with van der Waals surface area (Å²) in [7, 11) is 0. The van der Waals surface area contributed by atoms with E-state index in [-0.39, 0.29) is 12.1 Å². The molecule has 16 heavy (non-hydrogen) atoms. The Labute approximate surface area is 97.9 Å². The van der Waals surface area contributed by atoms with Gasteiger partial charge in [0.25, 0.3) is 0 Å². The molecule has 0 aromatic heterocycles. The SMILES string of the molecule is CC(=O)OC1CCNC(C2CCCCC2)C1. The smallest absolute Gasteiger partial charge is 0.302 e. The van der Waals surface area contributed by atoms with E-state index in [1.165, 1.54) is 39.0 Å². The zero-order chi connectivity index (χ0) is 11.4. The van der Waals surface area contributed by atoms with E-state index in [0.717, 1.165) is 25.3 Å². The molecular weight excluding hydrogens is 202 g/mol. The molecule has 3 heteroatoms. The van der Waals surface area contributed by atoms with E-state index in [4.69, 9.17) is 4.74 Å². The molecule has 1 saturated heterocycles. The van der Waals surface area contributed by atoms with E-state index in [1.807, 2.05) is 0 Å². The lowest BCUT2D eigenvalue weighted by Gasteiger charge is -2.36. The van der Waals surface area contributed by atoms with Crippen LogP contribution < -0.4 is 5.32 Å². The van der Waals surface area contributed by atoms with Crippen LogP contribution in [0.25, 0.3) is 0 Å². The fourth-order valence-corrected chi connectivity index (χ4v) is 3.15. The van der Waals surface area contributed by atoms with Gasteiger partial charge in [-0.1, -0.05) is 19.3 Å². The maximum Gasteiger partial charge on any atom is 0.302 e. The van der Waals surface area contributed by atoms with Gasteiger partial charge in [0.2, 0.25) is 0 Å². The lowest BCUT2D eigenvalue weighted by atomic mass is 9.80. The van der Waals surface area contributed by atoms with Gasteiger partial charge in [-0.05, 0) is 31.7 Å². The van der Waals surface area contributed by atoms with E-state index in [1.54, 1.807) is 0 Å². The second kappa shape index (κ2) is 5.67. The van der Waals surface area contributed by atoms with Gasteiger partial charge in [0, 0.05) is 19.4 Å². The van der Waals surface area contributed by atoms with Gasteiger partial charge in [-0.2, -0.15) is 0 Å². The van der Waals surface area contributed by atoms with Gasteiger partial charge in [-0.15, -0.1) is 0 Å². The summed E-state index contributed by atoms with van der Waals surface area (Å²) in [4.78, 5) is 11.0. The molecule has 2 rings (SSSR count). The van der Waals surface area contributed by atoms with E-state index in [2.05, 4.69) is 5.32 Å². The van der Waals surface area contributed by atoms with Gasteiger partial charge in [0.1, 0.15) is 6.10 Å². The van der Waals surface area contributed by atoms with Crippen LogP contribution in [0.5, 0.6) is 0 Å². The highest BCUT2D eigenvalue weighted by molar-refractivity contribution is 5.66. The van der Waals surface area contributed by atoms with Gasteiger partial charge in [0.15, 0.2) is 0 Å². The van der Waals surface area contributed by atoms with Crippen LogP contribution >= 0.6 is 0 Å². The molecule has 1 N–H and O–H groups in total. The van der Waals surface area contributed by atoms with Crippen molar-refractivity contribution in [2.75, 3.05) is 6.54 Å². The summed E-state index contributed by atoms with van der Waals surface area (Å²) in [5.74, 6) is 0.682. The van der Waals surface area contributed by atoms with Crippen molar-refractivity contribution in [2.24, 2.45) is 5.92 Å². The number of piperidine rings is 1. The molecule has 3 nitrogen and oxygen atoms in total. The lowest BCUT2D eigenvalue weighted by molar-refractivity contribution is -0.148. The van der Waals surface area contributed by atoms with Crippen LogP contribution in [0.15, 0.2) is 0 Å². The molecule has 2 atom stereocenters. The molecule has 1 aliphatic carbocycles. The monoisotopic (exact) mass is 225 g/mol. The topological polar surface area (TPSA) is 38.3 Å². The van der Waals surface area contributed by atoms with Crippen molar-refractivity contribution < 1.29 is 9.53 Å². The van der Waals surface area contributed by atoms with Gasteiger partial charge < -0.3 is 10.1 Å². The fourth-order valence-electron chi connectivity index (χ4n) is 3.15. The predicted octanol–water partition coefficient (Wildman–Crippen LogP) is 2.25. The summed E-state index contributed by atoms with van der Waals surface area (Å²) in [6.07, 6.45) is 9.01. The van der Waals surface area contributed by atoms with E-state index >= 15 is 0 Å².